The van der Waals surface area contributed by atoms with Crippen LogP contribution in [0.15, 0.2) is 24.3 Å². The predicted molar refractivity (Wildman–Crippen MR) is 96.6 cm³/mol. The fourth-order valence-electron chi connectivity index (χ4n) is 5.26. The molecule has 0 spiro atoms. The Kier molecular flexibility index (Phi) is 3.94. The zero-order valence-corrected chi connectivity index (χ0v) is 14.3. The summed E-state index contributed by atoms with van der Waals surface area (Å²) in [6.45, 7) is 5.67. The lowest BCUT2D eigenvalue weighted by atomic mass is 9.65. The van der Waals surface area contributed by atoms with Crippen LogP contribution in [-0.4, -0.2) is 29.5 Å². The van der Waals surface area contributed by atoms with E-state index in [0.29, 0.717) is 11.5 Å². The summed E-state index contributed by atoms with van der Waals surface area (Å²) in [5.41, 5.74) is 10.7. The fraction of sp³-hybridized carbons (Fsp3) is 0.600. The number of hydrogen-bond donors (Lipinski definition) is 2. The Labute approximate surface area is 139 Å². The van der Waals surface area contributed by atoms with Gasteiger partial charge in [-0.15, -0.1) is 0 Å². The maximum absolute atomic E-state index is 5.86. The second-order valence-corrected chi connectivity index (χ2v) is 7.46. The molecular formula is C20H29N3. The summed E-state index contributed by atoms with van der Waals surface area (Å²) in [5.74, 6) is 0. The smallest absolute Gasteiger partial charge is 0.0558 e. The molecule has 2 aliphatic rings. The van der Waals surface area contributed by atoms with Crippen LogP contribution in [0.5, 0.6) is 0 Å². The third-order valence-electron chi connectivity index (χ3n) is 6.42. The van der Waals surface area contributed by atoms with Crippen LogP contribution in [0.2, 0.25) is 0 Å². The second-order valence-electron chi connectivity index (χ2n) is 7.46. The molecule has 4 rings (SSSR count). The highest BCUT2D eigenvalue weighted by Crippen LogP contribution is 2.53. The third-order valence-corrected chi connectivity index (χ3v) is 6.42. The summed E-state index contributed by atoms with van der Waals surface area (Å²) in [6, 6.07) is 9.39. The summed E-state index contributed by atoms with van der Waals surface area (Å²) in [6.07, 6.45) is 7.53. The summed E-state index contributed by atoms with van der Waals surface area (Å²) in [4.78, 5) is 6.56. The maximum Gasteiger partial charge on any atom is 0.0558 e. The Hall–Kier alpha value is -1.32. The third kappa shape index (κ3) is 2.33. The van der Waals surface area contributed by atoms with Crippen molar-refractivity contribution in [3.63, 3.8) is 0 Å². The van der Waals surface area contributed by atoms with Crippen LogP contribution in [0.3, 0.4) is 0 Å². The molecule has 3 nitrogen and oxygen atoms in total. The highest BCUT2D eigenvalue weighted by Gasteiger charge is 2.46. The van der Waals surface area contributed by atoms with Gasteiger partial charge >= 0.3 is 0 Å². The number of fused-ring (bicyclic) bond motifs is 5. The molecule has 23 heavy (non-hydrogen) atoms. The first-order valence-corrected chi connectivity index (χ1v) is 9.32. The van der Waals surface area contributed by atoms with Crippen molar-refractivity contribution in [3.8, 4) is 0 Å². The molecule has 2 aromatic rings. The molecule has 2 unspecified atom stereocenters. The topological polar surface area (TPSA) is 45.0 Å². The molecule has 0 bridgehead atoms. The van der Waals surface area contributed by atoms with Gasteiger partial charge in [0.2, 0.25) is 0 Å². The van der Waals surface area contributed by atoms with Crippen molar-refractivity contribution in [2.75, 3.05) is 19.6 Å². The summed E-state index contributed by atoms with van der Waals surface area (Å²) in [5, 5.41) is 1.44. The Morgan fingerprint density at radius 3 is 3.00 bits per heavy atom. The molecule has 1 fully saturated rings. The van der Waals surface area contributed by atoms with Crippen molar-refractivity contribution >= 4 is 10.9 Å². The number of hydrogen-bond acceptors (Lipinski definition) is 2. The van der Waals surface area contributed by atoms with E-state index < -0.39 is 0 Å². The average molecular weight is 311 g/mol. The number of nitrogens with zero attached hydrogens (tertiary/aromatic N) is 1. The number of nitrogens with one attached hydrogen (secondary N) is 1. The minimum Gasteiger partial charge on any atom is -0.357 e. The molecule has 0 amide bonds. The molecule has 2 atom stereocenters. The van der Waals surface area contributed by atoms with Gasteiger partial charge in [0.25, 0.3) is 0 Å². The Bertz CT molecular complexity index is 689. The summed E-state index contributed by atoms with van der Waals surface area (Å²) >= 11 is 0. The van der Waals surface area contributed by atoms with Gasteiger partial charge in [-0.05, 0) is 68.7 Å². The number of piperidine rings is 1. The van der Waals surface area contributed by atoms with Gasteiger partial charge in [0, 0.05) is 23.1 Å². The van der Waals surface area contributed by atoms with Crippen molar-refractivity contribution in [2.24, 2.45) is 11.1 Å². The van der Waals surface area contributed by atoms with Gasteiger partial charge in [0.15, 0.2) is 0 Å². The van der Waals surface area contributed by atoms with Gasteiger partial charge in [0.05, 0.1) is 6.04 Å². The van der Waals surface area contributed by atoms with E-state index >= 15 is 0 Å². The van der Waals surface area contributed by atoms with Crippen LogP contribution in [0.1, 0.15) is 56.3 Å². The Morgan fingerprint density at radius 2 is 2.17 bits per heavy atom. The minimum absolute atomic E-state index is 0.396. The van der Waals surface area contributed by atoms with Gasteiger partial charge in [-0.25, -0.2) is 0 Å². The van der Waals surface area contributed by atoms with Gasteiger partial charge in [0.1, 0.15) is 0 Å². The zero-order chi connectivity index (χ0) is 15.9. The van der Waals surface area contributed by atoms with Crippen LogP contribution in [0, 0.1) is 5.41 Å². The molecular weight excluding hydrogens is 282 g/mol. The predicted octanol–water partition coefficient (Wildman–Crippen LogP) is 4.00. The zero-order valence-electron chi connectivity index (χ0n) is 14.3. The van der Waals surface area contributed by atoms with Crippen molar-refractivity contribution in [1.82, 2.24) is 9.88 Å². The quantitative estimate of drug-likeness (QED) is 0.896. The molecule has 3 heteroatoms. The Morgan fingerprint density at radius 1 is 1.30 bits per heavy atom. The van der Waals surface area contributed by atoms with E-state index in [1.807, 2.05) is 0 Å². The second kappa shape index (κ2) is 5.95. The van der Waals surface area contributed by atoms with Crippen LogP contribution in [0.25, 0.3) is 10.9 Å². The molecule has 124 valence electrons. The lowest BCUT2D eigenvalue weighted by molar-refractivity contribution is -0.00816. The number of H-pyrrole nitrogens is 1. The SMILES string of the molecule is CCC1(CCCN)CCCN2CCc3c([nH]c4ccccc34)C21. The number of rotatable bonds is 4. The minimum atomic E-state index is 0.396. The lowest BCUT2D eigenvalue weighted by Gasteiger charge is -2.52. The Balaban J connectivity index is 1.83. The van der Waals surface area contributed by atoms with Gasteiger partial charge in [-0.3, -0.25) is 4.90 Å². The number of aromatic amines is 1. The van der Waals surface area contributed by atoms with Crippen molar-refractivity contribution in [1.29, 1.82) is 0 Å². The first-order chi connectivity index (χ1) is 11.3. The van der Waals surface area contributed by atoms with E-state index in [-0.39, 0.29) is 0 Å². The maximum atomic E-state index is 5.86. The number of benzene rings is 1. The van der Waals surface area contributed by atoms with E-state index in [1.54, 1.807) is 5.56 Å². The van der Waals surface area contributed by atoms with Crippen molar-refractivity contribution in [2.45, 2.75) is 51.5 Å². The highest BCUT2D eigenvalue weighted by molar-refractivity contribution is 5.85. The van der Waals surface area contributed by atoms with E-state index in [0.717, 1.165) is 13.0 Å². The van der Waals surface area contributed by atoms with Gasteiger partial charge < -0.3 is 10.7 Å². The van der Waals surface area contributed by atoms with Crippen molar-refractivity contribution in [3.05, 3.63) is 35.5 Å². The van der Waals surface area contributed by atoms with Crippen molar-refractivity contribution < 1.29 is 0 Å². The summed E-state index contributed by atoms with van der Waals surface area (Å²) in [7, 11) is 0. The summed E-state index contributed by atoms with van der Waals surface area (Å²) < 4.78 is 0. The number of aromatic nitrogens is 1. The standard InChI is InChI=1S/C20H29N3/c1-2-20(10-5-12-21)11-6-13-23-14-9-16-15-7-3-4-8-17(15)22-18(16)19(20)23/h3-4,7-8,19,22H,2,5-6,9-14,21H2,1H3. The van der Waals surface area contributed by atoms with Gasteiger partial charge in [-0.2, -0.15) is 0 Å². The molecule has 2 aliphatic heterocycles. The molecule has 1 aromatic carbocycles. The number of nitrogens with two attached hydrogens (primary N) is 1. The molecule has 3 heterocycles. The van der Waals surface area contributed by atoms with E-state index in [1.165, 1.54) is 61.8 Å². The van der Waals surface area contributed by atoms with Crippen LogP contribution in [0.4, 0.5) is 0 Å². The van der Waals surface area contributed by atoms with E-state index in [9.17, 15) is 0 Å². The largest absolute Gasteiger partial charge is 0.357 e. The first kappa shape index (κ1) is 15.2. The van der Waals surface area contributed by atoms with Gasteiger partial charge in [-0.1, -0.05) is 25.1 Å². The van der Waals surface area contributed by atoms with E-state index in [4.69, 9.17) is 5.73 Å². The van der Waals surface area contributed by atoms with Crippen LogP contribution < -0.4 is 5.73 Å². The normalized spacial score (nSPS) is 27.8. The molecule has 3 N–H and O–H groups in total. The van der Waals surface area contributed by atoms with Crippen LogP contribution >= 0.6 is 0 Å². The molecule has 0 radical (unpaired) electrons. The molecule has 0 aliphatic carbocycles. The average Bonchev–Trinajstić information content (AvgIpc) is 2.98. The van der Waals surface area contributed by atoms with E-state index in [2.05, 4.69) is 41.1 Å². The lowest BCUT2D eigenvalue weighted by Crippen LogP contribution is -2.49. The molecule has 1 aromatic heterocycles. The molecule has 1 saturated heterocycles. The van der Waals surface area contributed by atoms with Crippen LogP contribution in [-0.2, 0) is 6.42 Å². The highest BCUT2D eigenvalue weighted by atomic mass is 15.2. The number of para-hydroxylation sites is 1. The first-order valence-electron chi connectivity index (χ1n) is 9.32. The monoisotopic (exact) mass is 311 g/mol. The molecule has 0 saturated carbocycles. The fourth-order valence-corrected chi connectivity index (χ4v) is 5.26.